The smallest absolute Gasteiger partial charge is 0.320 e. The molecule has 0 saturated heterocycles. The van der Waals surface area contributed by atoms with Crippen molar-refractivity contribution in [2.75, 3.05) is 5.75 Å². The Morgan fingerprint density at radius 1 is 1.50 bits per heavy atom. The number of aromatic nitrogens is 2. The molecule has 26 heavy (non-hydrogen) atoms. The van der Waals surface area contributed by atoms with E-state index in [9.17, 15) is 23.9 Å². The average molecular weight is 407 g/mol. The Balaban J connectivity index is 0.00000338. The zero-order valence-electron chi connectivity index (χ0n) is 13.3. The topological polar surface area (TPSA) is 158 Å². The maximum atomic E-state index is 13.8. The molecule has 0 saturated carbocycles. The lowest BCUT2D eigenvalue weighted by Crippen LogP contribution is -2.32. The van der Waals surface area contributed by atoms with Crippen molar-refractivity contribution in [1.82, 2.24) is 9.97 Å². The highest BCUT2D eigenvalue weighted by Gasteiger charge is 2.21. The van der Waals surface area contributed by atoms with E-state index < -0.39 is 39.6 Å². The van der Waals surface area contributed by atoms with Gasteiger partial charge in [-0.1, -0.05) is 0 Å². The van der Waals surface area contributed by atoms with Crippen molar-refractivity contribution in [3.63, 3.8) is 0 Å². The SMILES string of the molecule is Cl.N[C@@H](Cc1c[nH]c(CC[S+]([O-])c2ccc([N+](=O)[O-])cc2F)n1)C(=O)O. The van der Waals surface area contributed by atoms with Crippen LogP contribution in [0, 0.1) is 15.9 Å². The first-order valence-electron chi connectivity index (χ1n) is 7.11. The van der Waals surface area contributed by atoms with Crippen LogP contribution in [0.5, 0.6) is 0 Å². The molecule has 0 aliphatic rings. The zero-order chi connectivity index (χ0) is 18.6. The van der Waals surface area contributed by atoms with Gasteiger partial charge in [0.05, 0.1) is 23.1 Å². The number of aliphatic carboxylic acids is 1. The van der Waals surface area contributed by atoms with E-state index in [1.165, 1.54) is 6.20 Å². The third-order valence-electron chi connectivity index (χ3n) is 3.33. The van der Waals surface area contributed by atoms with E-state index in [0.717, 1.165) is 18.2 Å². The summed E-state index contributed by atoms with van der Waals surface area (Å²) < 4.78 is 26.0. The molecule has 2 rings (SSSR count). The average Bonchev–Trinajstić information content (AvgIpc) is 2.99. The van der Waals surface area contributed by atoms with Crippen LogP contribution >= 0.6 is 12.4 Å². The third-order valence-corrected chi connectivity index (χ3v) is 4.72. The van der Waals surface area contributed by atoms with Crippen molar-refractivity contribution in [2.45, 2.75) is 23.8 Å². The van der Waals surface area contributed by atoms with Crippen LogP contribution in [0.2, 0.25) is 0 Å². The maximum Gasteiger partial charge on any atom is 0.320 e. The summed E-state index contributed by atoms with van der Waals surface area (Å²) in [5.74, 6) is -1.53. The summed E-state index contributed by atoms with van der Waals surface area (Å²) in [5, 5.41) is 19.3. The second-order valence-corrected chi connectivity index (χ2v) is 6.70. The minimum Gasteiger partial charge on any atom is -0.611 e. The van der Waals surface area contributed by atoms with Crippen molar-refractivity contribution in [3.8, 4) is 0 Å². The fourth-order valence-corrected chi connectivity index (χ4v) is 3.13. The molecule has 12 heteroatoms. The van der Waals surface area contributed by atoms with E-state index in [0.29, 0.717) is 11.5 Å². The van der Waals surface area contributed by atoms with Crippen molar-refractivity contribution in [3.05, 3.63) is 51.8 Å². The van der Waals surface area contributed by atoms with Crippen molar-refractivity contribution in [2.24, 2.45) is 5.73 Å². The second kappa shape index (κ2) is 9.48. The summed E-state index contributed by atoms with van der Waals surface area (Å²) in [6.45, 7) is 0. The molecule has 4 N–H and O–H groups in total. The van der Waals surface area contributed by atoms with Gasteiger partial charge in [0.25, 0.3) is 5.69 Å². The predicted octanol–water partition coefficient (Wildman–Crippen LogP) is 1.18. The van der Waals surface area contributed by atoms with E-state index in [4.69, 9.17) is 10.8 Å². The molecule has 0 radical (unpaired) electrons. The number of H-pyrrole nitrogens is 1. The van der Waals surface area contributed by atoms with Gasteiger partial charge in [-0.05, 0) is 11.2 Å². The van der Waals surface area contributed by atoms with Gasteiger partial charge in [-0.3, -0.25) is 14.9 Å². The lowest BCUT2D eigenvalue weighted by atomic mass is 10.2. The normalized spacial score (nSPS) is 12.9. The lowest BCUT2D eigenvalue weighted by Gasteiger charge is -2.10. The minimum absolute atomic E-state index is 0. The first kappa shape index (κ1) is 21.8. The Bertz CT molecular complexity index is 790. The molecule has 2 aromatic rings. The molecule has 1 aromatic carbocycles. The van der Waals surface area contributed by atoms with Gasteiger partial charge in [0.2, 0.25) is 0 Å². The predicted molar refractivity (Wildman–Crippen MR) is 93.2 cm³/mol. The maximum absolute atomic E-state index is 13.8. The monoisotopic (exact) mass is 406 g/mol. The number of nitro groups is 1. The quantitative estimate of drug-likeness (QED) is 0.337. The van der Waals surface area contributed by atoms with E-state index in [1.807, 2.05) is 0 Å². The standard InChI is InChI=1S/C14H15FN4O5S.ClH/c15-10-6-9(19(22)23)1-2-12(10)25(24)4-3-13-17-7-8(18-13)5-11(16)14(20)21;/h1-2,6-7,11H,3-5,16H2,(H,17,18)(H,20,21);1H/t11-,25?;/m0./s1. The Morgan fingerprint density at radius 3 is 2.77 bits per heavy atom. The van der Waals surface area contributed by atoms with Crippen LogP contribution in [-0.4, -0.2) is 42.3 Å². The van der Waals surface area contributed by atoms with Crippen LogP contribution in [0.1, 0.15) is 11.5 Å². The van der Waals surface area contributed by atoms with E-state index in [2.05, 4.69) is 9.97 Å². The number of aryl methyl sites for hydroxylation is 1. The number of nitrogens with one attached hydrogen (secondary N) is 1. The minimum atomic E-state index is -1.70. The highest BCUT2D eigenvalue weighted by molar-refractivity contribution is 7.91. The van der Waals surface area contributed by atoms with Crippen molar-refractivity contribution in [1.29, 1.82) is 0 Å². The molecule has 0 aliphatic heterocycles. The van der Waals surface area contributed by atoms with Gasteiger partial charge in [0, 0.05) is 24.8 Å². The molecule has 0 spiro atoms. The Morgan fingerprint density at radius 2 is 2.19 bits per heavy atom. The van der Waals surface area contributed by atoms with Gasteiger partial charge in [-0.2, -0.15) is 0 Å². The molecule has 142 valence electrons. The number of halogens is 2. The molecule has 0 bridgehead atoms. The number of carboxylic acid groups (broad SMARTS) is 1. The molecule has 1 unspecified atom stereocenters. The Kier molecular flexibility index (Phi) is 7.96. The molecular weight excluding hydrogens is 391 g/mol. The summed E-state index contributed by atoms with van der Waals surface area (Å²) in [6, 6.07) is 1.88. The lowest BCUT2D eigenvalue weighted by molar-refractivity contribution is -0.385. The molecule has 1 heterocycles. The van der Waals surface area contributed by atoms with Crippen molar-refractivity contribution < 1.29 is 23.8 Å². The Hall–Kier alpha value is -2.21. The number of nitrogens with zero attached hydrogens (tertiary/aromatic N) is 2. The number of nitrogens with two attached hydrogens (primary N) is 1. The molecule has 2 atom stereocenters. The number of hydrogen-bond acceptors (Lipinski definition) is 6. The van der Waals surface area contributed by atoms with Gasteiger partial charge < -0.3 is 20.4 Å². The summed E-state index contributed by atoms with van der Waals surface area (Å²) >= 11 is -1.70. The summed E-state index contributed by atoms with van der Waals surface area (Å²) in [6.07, 6.45) is 1.78. The van der Waals surface area contributed by atoms with Crippen LogP contribution in [0.4, 0.5) is 10.1 Å². The molecular formula is C14H16ClFN4O5S. The molecule has 0 aliphatic carbocycles. The van der Waals surface area contributed by atoms with E-state index >= 15 is 0 Å². The highest BCUT2D eigenvalue weighted by Crippen LogP contribution is 2.21. The summed E-state index contributed by atoms with van der Waals surface area (Å²) in [4.78, 5) is 27.4. The summed E-state index contributed by atoms with van der Waals surface area (Å²) in [7, 11) is 0. The third kappa shape index (κ3) is 5.66. The fourth-order valence-electron chi connectivity index (χ4n) is 2.04. The number of non-ortho nitro benzene ring substituents is 1. The number of nitro benzene ring substituents is 1. The number of aromatic amines is 1. The number of hydrogen-bond donors (Lipinski definition) is 3. The molecule has 0 fully saturated rings. The number of carboxylic acids is 1. The van der Waals surface area contributed by atoms with Gasteiger partial charge in [0.1, 0.15) is 17.6 Å². The van der Waals surface area contributed by atoms with Gasteiger partial charge in [-0.15, -0.1) is 12.4 Å². The largest absolute Gasteiger partial charge is 0.611 e. The van der Waals surface area contributed by atoms with Gasteiger partial charge in [-0.25, -0.2) is 9.37 Å². The van der Waals surface area contributed by atoms with Crippen LogP contribution in [0.15, 0.2) is 29.3 Å². The number of carbonyl (C=O) groups is 1. The van der Waals surface area contributed by atoms with Gasteiger partial charge in [0.15, 0.2) is 10.7 Å². The number of imidazole rings is 1. The zero-order valence-corrected chi connectivity index (χ0v) is 14.9. The van der Waals surface area contributed by atoms with E-state index in [1.54, 1.807) is 0 Å². The molecule has 0 amide bonds. The second-order valence-electron chi connectivity index (χ2n) is 5.16. The van der Waals surface area contributed by atoms with Crippen LogP contribution in [0.3, 0.4) is 0 Å². The van der Waals surface area contributed by atoms with E-state index in [-0.39, 0.29) is 35.9 Å². The summed E-state index contributed by atoms with van der Waals surface area (Å²) in [5.41, 5.74) is 5.46. The van der Waals surface area contributed by atoms with Gasteiger partial charge >= 0.3 is 5.97 Å². The first-order valence-corrected chi connectivity index (χ1v) is 8.43. The van der Waals surface area contributed by atoms with Crippen molar-refractivity contribution >= 4 is 35.2 Å². The molecule has 1 aromatic heterocycles. The molecule has 9 nitrogen and oxygen atoms in total. The van der Waals surface area contributed by atoms with Crippen LogP contribution in [-0.2, 0) is 28.8 Å². The number of benzene rings is 1. The number of rotatable bonds is 8. The Labute approximate surface area is 156 Å². The fraction of sp³-hybridized carbons (Fsp3) is 0.286. The highest BCUT2D eigenvalue weighted by atomic mass is 35.5. The van der Waals surface area contributed by atoms with Crippen LogP contribution < -0.4 is 5.73 Å². The first-order chi connectivity index (χ1) is 11.8. The van der Waals surface area contributed by atoms with Crippen LogP contribution in [0.25, 0.3) is 0 Å².